The van der Waals surface area contributed by atoms with Crippen molar-refractivity contribution in [1.82, 2.24) is 14.6 Å². The lowest BCUT2D eigenvalue weighted by Crippen LogP contribution is -2.12. The highest BCUT2D eigenvalue weighted by Crippen LogP contribution is 2.25. The molecule has 2 aromatic carbocycles. The summed E-state index contributed by atoms with van der Waals surface area (Å²) in [5.74, 6) is -0.857. The molecule has 9 heteroatoms. The molecule has 27 heavy (non-hydrogen) atoms. The van der Waals surface area contributed by atoms with Crippen molar-refractivity contribution in [2.24, 2.45) is 0 Å². The molecule has 0 radical (unpaired) electrons. The second kappa shape index (κ2) is 8.19. The molecule has 7 nitrogen and oxygen atoms in total. The standard InChI is InChI=1S/C17H11FN4OS.CH2O2/c18-14-5-11(13-8-20-24-9-13)4-12(6-14)17(23)21-15-3-1-2-10-7-19-22-16(10)15;2-1-3/h1-9H,(H,19,22)(H,21,23);1H,(H,2,3). The Morgan fingerprint density at radius 3 is 2.78 bits per heavy atom. The Kier molecular flexibility index (Phi) is 5.53. The molecule has 2 aromatic heterocycles. The van der Waals surface area contributed by atoms with Gasteiger partial charge in [0.15, 0.2) is 0 Å². The van der Waals surface area contributed by atoms with Crippen molar-refractivity contribution in [3.63, 3.8) is 0 Å². The van der Waals surface area contributed by atoms with E-state index in [2.05, 4.69) is 19.9 Å². The molecule has 0 aliphatic heterocycles. The van der Waals surface area contributed by atoms with Crippen LogP contribution < -0.4 is 5.32 Å². The molecule has 0 unspecified atom stereocenters. The molecule has 0 spiro atoms. The van der Waals surface area contributed by atoms with E-state index < -0.39 is 5.82 Å². The average molecular weight is 384 g/mol. The van der Waals surface area contributed by atoms with Crippen molar-refractivity contribution in [3.05, 3.63) is 65.6 Å². The Balaban J connectivity index is 0.000000659. The number of para-hydroxylation sites is 1. The summed E-state index contributed by atoms with van der Waals surface area (Å²) < 4.78 is 17.9. The van der Waals surface area contributed by atoms with Crippen LogP contribution in [0.5, 0.6) is 0 Å². The molecule has 136 valence electrons. The number of halogens is 1. The first-order chi connectivity index (χ1) is 13.1. The van der Waals surface area contributed by atoms with Crippen LogP contribution >= 0.6 is 11.5 Å². The highest BCUT2D eigenvalue weighted by Gasteiger charge is 2.13. The maximum absolute atomic E-state index is 13.9. The highest BCUT2D eigenvalue weighted by molar-refractivity contribution is 7.03. The van der Waals surface area contributed by atoms with Gasteiger partial charge in [-0.2, -0.15) is 5.10 Å². The Hall–Kier alpha value is -3.59. The topological polar surface area (TPSA) is 108 Å². The molecular formula is C18H13FN4O3S. The summed E-state index contributed by atoms with van der Waals surface area (Å²) in [6.45, 7) is -0.250. The van der Waals surface area contributed by atoms with Crippen LogP contribution in [0.1, 0.15) is 10.4 Å². The van der Waals surface area contributed by atoms with Gasteiger partial charge in [-0.25, -0.2) is 8.76 Å². The van der Waals surface area contributed by atoms with Gasteiger partial charge in [-0.3, -0.25) is 14.7 Å². The number of anilines is 1. The van der Waals surface area contributed by atoms with Crippen LogP contribution in [0, 0.1) is 5.82 Å². The van der Waals surface area contributed by atoms with E-state index in [1.807, 2.05) is 17.5 Å². The molecule has 4 aromatic rings. The van der Waals surface area contributed by atoms with Crippen molar-refractivity contribution in [2.45, 2.75) is 0 Å². The first-order valence-corrected chi connectivity index (χ1v) is 8.47. The van der Waals surface area contributed by atoms with Crippen LogP contribution in [0.15, 0.2) is 54.2 Å². The van der Waals surface area contributed by atoms with Crippen molar-refractivity contribution in [3.8, 4) is 11.1 Å². The summed E-state index contributed by atoms with van der Waals surface area (Å²) in [6, 6.07) is 9.72. The van der Waals surface area contributed by atoms with Crippen molar-refractivity contribution in [2.75, 3.05) is 5.32 Å². The number of fused-ring (bicyclic) bond motifs is 1. The summed E-state index contributed by atoms with van der Waals surface area (Å²) in [5, 5.41) is 19.2. The molecule has 0 atom stereocenters. The number of aromatic amines is 1. The lowest BCUT2D eigenvalue weighted by Gasteiger charge is -2.08. The minimum absolute atomic E-state index is 0.243. The Labute approximate surface area is 156 Å². The largest absolute Gasteiger partial charge is 0.483 e. The van der Waals surface area contributed by atoms with Crippen LogP contribution in [-0.2, 0) is 4.79 Å². The summed E-state index contributed by atoms with van der Waals surface area (Å²) >= 11 is 1.28. The van der Waals surface area contributed by atoms with E-state index in [1.165, 1.54) is 23.7 Å². The Morgan fingerprint density at radius 2 is 2.04 bits per heavy atom. The van der Waals surface area contributed by atoms with E-state index in [0.29, 0.717) is 11.3 Å². The number of hydrogen-bond donors (Lipinski definition) is 3. The quantitative estimate of drug-likeness (QED) is 0.466. The number of H-pyrrole nitrogens is 1. The lowest BCUT2D eigenvalue weighted by molar-refractivity contribution is -0.122. The molecule has 4 rings (SSSR count). The normalized spacial score (nSPS) is 10.1. The smallest absolute Gasteiger partial charge is 0.290 e. The van der Waals surface area contributed by atoms with Gasteiger partial charge in [0.25, 0.3) is 12.4 Å². The molecule has 0 fully saturated rings. The van der Waals surface area contributed by atoms with E-state index in [-0.39, 0.29) is 17.9 Å². The molecule has 2 heterocycles. The van der Waals surface area contributed by atoms with Crippen LogP contribution in [0.3, 0.4) is 0 Å². The van der Waals surface area contributed by atoms with E-state index in [9.17, 15) is 9.18 Å². The third-order valence-electron chi connectivity index (χ3n) is 3.65. The minimum Gasteiger partial charge on any atom is -0.483 e. The van der Waals surface area contributed by atoms with Gasteiger partial charge in [-0.05, 0) is 41.4 Å². The van der Waals surface area contributed by atoms with Gasteiger partial charge in [0.05, 0.1) is 17.4 Å². The molecular weight excluding hydrogens is 371 g/mol. The van der Waals surface area contributed by atoms with E-state index in [0.717, 1.165) is 16.5 Å². The number of benzene rings is 2. The van der Waals surface area contributed by atoms with Crippen LogP contribution in [-0.4, -0.2) is 32.1 Å². The molecule has 0 aliphatic carbocycles. The Morgan fingerprint density at radius 1 is 1.22 bits per heavy atom. The fourth-order valence-corrected chi connectivity index (χ4v) is 3.05. The van der Waals surface area contributed by atoms with Gasteiger partial charge in [-0.1, -0.05) is 12.1 Å². The van der Waals surface area contributed by atoms with Crippen LogP contribution in [0.25, 0.3) is 22.0 Å². The van der Waals surface area contributed by atoms with Gasteiger partial charge in [-0.15, -0.1) is 0 Å². The third kappa shape index (κ3) is 4.15. The summed E-state index contributed by atoms with van der Waals surface area (Å²) in [7, 11) is 0. The molecule has 1 amide bonds. The zero-order valence-corrected chi connectivity index (χ0v) is 14.5. The zero-order chi connectivity index (χ0) is 19.2. The van der Waals surface area contributed by atoms with Crippen molar-refractivity contribution < 1.29 is 19.1 Å². The third-order valence-corrected chi connectivity index (χ3v) is 4.24. The lowest BCUT2D eigenvalue weighted by atomic mass is 10.1. The number of rotatable bonds is 3. The second-order valence-corrected chi connectivity index (χ2v) is 6.00. The Bertz CT molecular complexity index is 1080. The fraction of sp³-hybridized carbons (Fsp3) is 0. The zero-order valence-electron chi connectivity index (χ0n) is 13.7. The predicted octanol–water partition coefficient (Wildman–Crippen LogP) is 3.78. The SMILES string of the molecule is O=C(Nc1cccc2cn[nH]c12)c1cc(F)cc(-c2cnsc2)c1.O=CO. The number of nitrogens with one attached hydrogen (secondary N) is 2. The first-order valence-electron chi connectivity index (χ1n) is 7.64. The molecule has 3 N–H and O–H groups in total. The number of amides is 1. The molecule has 0 aliphatic rings. The number of carbonyl (C=O) groups excluding carboxylic acids is 1. The maximum Gasteiger partial charge on any atom is 0.290 e. The number of carbonyl (C=O) groups is 2. The average Bonchev–Trinajstić information content (AvgIpc) is 3.34. The molecule has 0 saturated carbocycles. The van der Waals surface area contributed by atoms with Crippen LogP contribution in [0.2, 0.25) is 0 Å². The van der Waals surface area contributed by atoms with E-state index in [1.54, 1.807) is 24.5 Å². The monoisotopic (exact) mass is 384 g/mol. The van der Waals surface area contributed by atoms with Gasteiger partial charge < -0.3 is 10.4 Å². The number of aromatic nitrogens is 3. The summed E-state index contributed by atoms with van der Waals surface area (Å²) in [4.78, 5) is 20.9. The predicted molar refractivity (Wildman–Crippen MR) is 100 cm³/mol. The van der Waals surface area contributed by atoms with Gasteiger partial charge in [0.2, 0.25) is 0 Å². The highest BCUT2D eigenvalue weighted by atomic mass is 32.1. The van der Waals surface area contributed by atoms with E-state index >= 15 is 0 Å². The number of nitrogens with zero attached hydrogens (tertiary/aromatic N) is 2. The van der Waals surface area contributed by atoms with E-state index in [4.69, 9.17) is 9.90 Å². The summed E-state index contributed by atoms with van der Waals surface area (Å²) in [6.07, 6.45) is 3.32. The van der Waals surface area contributed by atoms with Crippen molar-refractivity contribution in [1.29, 1.82) is 0 Å². The first kappa shape index (κ1) is 18.2. The van der Waals surface area contributed by atoms with Crippen molar-refractivity contribution >= 4 is 40.5 Å². The second-order valence-electron chi connectivity index (χ2n) is 5.34. The minimum atomic E-state index is -0.469. The molecule has 0 bridgehead atoms. The van der Waals surface area contributed by atoms with Gasteiger partial charge >= 0.3 is 0 Å². The summed E-state index contributed by atoms with van der Waals surface area (Å²) in [5.41, 5.74) is 2.97. The molecule has 0 saturated heterocycles. The van der Waals surface area contributed by atoms with Gasteiger partial charge in [0.1, 0.15) is 5.82 Å². The van der Waals surface area contributed by atoms with Crippen LogP contribution in [0.4, 0.5) is 10.1 Å². The van der Waals surface area contributed by atoms with Gasteiger partial charge in [0, 0.05) is 28.1 Å². The maximum atomic E-state index is 13.9. The number of hydrogen-bond acceptors (Lipinski definition) is 5. The fourth-order valence-electron chi connectivity index (χ4n) is 2.50. The number of carboxylic acid groups (broad SMARTS) is 1.